The van der Waals surface area contributed by atoms with E-state index in [1.54, 1.807) is 6.07 Å². The zero-order valence-electron chi connectivity index (χ0n) is 10.8. The van der Waals surface area contributed by atoms with Crippen LogP contribution in [0.3, 0.4) is 0 Å². The van der Waals surface area contributed by atoms with Gasteiger partial charge in [0, 0.05) is 31.2 Å². The fourth-order valence-electron chi connectivity index (χ4n) is 2.53. The second-order valence-corrected chi connectivity index (χ2v) is 5.33. The van der Waals surface area contributed by atoms with Crippen LogP contribution in [-0.4, -0.2) is 35.1 Å². The molecule has 1 aliphatic heterocycles. The lowest BCUT2D eigenvalue weighted by Gasteiger charge is -2.33. The molecule has 0 spiro atoms. The Balaban J connectivity index is 1.56. The van der Waals surface area contributed by atoms with E-state index in [0.717, 1.165) is 37.8 Å². The van der Waals surface area contributed by atoms with Gasteiger partial charge in [-0.05, 0) is 31.7 Å². The summed E-state index contributed by atoms with van der Waals surface area (Å²) in [5.41, 5.74) is 0.0500. The summed E-state index contributed by atoms with van der Waals surface area (Å²) in [7, 11) is 0. The number of hydrogen-bond acceptors (Lipinski definition) is 5. The van der Waals surface area contributed by atoms with Crippen LogP contribution in [0.5, 0.6) is 0 Å². The highest BCUT2D eigenvalue weighted by Crippen LogP contribution is 2.24. The summed E-state index contributed by atoms with van der Waals surface area (Å²) in [5.74, 6) is 0.843. The van der Waals surface area contributed by atoms with E-state index in [2.05, 4.69) is 15.2 Å². The lowest BCUT2D eigenvalue weighted by molar-refractivity contribution is -0.385. The monoisotopic (exact) mass is 262 g/mol. The molecule has 0 aromatic carbocycles. The number of anilines is 1. The molecule has 2 heterocycles. The smallest absolute Gasteiger partial charge is 0.287 e. The molecule has 2 aliphatic rings. The highest BCUT2D eigenvalue weighted by molar-refractivity contribution is 5.43. The number of nitro groups is 1. The summed E-state index contributed by atoms with van der Waals surface area (Å²) >= 11 is 0. The van der Waals surface area contributed by atoms with E-state index in [-0.39, 0.29) is 5.69 Å². The lowest BCUT2D eigenvalue weighted by Crippen LogP contribution is -2.43. The van der Waals surface area contributed by atoms with E-state index >= 15 is 0 Å². The van der Waals surface area contributed by atoms with E-state index in [1.807, 2.05) is 0 Å². The van der Waals surface area contributed by atoms with Gasteiger partial charge in [-0.3, -0.25) is 10.1 Å². The second kappa shape index (κ2) is 5.13. The Labute approximate surface area is 112 Å². The molecule has 102 valence electrons. The molecule has 0 unspecified atom stereocenters. The second-order valence-electron chi connectivity index (χ2n) is 5.33. The van der Waals surface area contributed by atoms with Crippen LogP contribution in [0, 0.1) is 10.1 Å². The van der Waals surface area contributed by atoms with Crippen molar-refractivity contribution in [2.45, 2.75) is 37.8 Å². The Kier molecular flexibility index (Phi) is 3.33. The molecule has 0 bridgehead atoms. The minimum absolute atomic E-state index is 0.0500. The first-order valence-electron chi connectivity index (χ1n) is 6.84. The molecule has 0 radical (unpaired) electrons. The molecule has 0 atom stereocenters. The number of rotatable bonds is 4. The Morgan fingerprint density at radius 1 is 1.21 bits per heavy atom. The maximum atomic E-state index is 10.6. The van der Waals surface area contributed by atoms with Gasteiger partial charge in [0.1, 0.15) is 12.0 Å². The average molecular weight is 262 g/mol. The van der Waals surface area contributed by atoms with Crippen molar-refractivity contribution in [3.05, 3.63) is 28.4 Å². The minimum atomic E-state index is -0.414. The molecule has 3 rings (SSSR count). The predicted molar refractivity (Wildman–Crippen MR) is 72.3 cm³/mol. The highest BCUT2D eigenvalue weighted by atomic mass is 16.6. The van der Waals surface area contributed by atoms with E-state index in [9.17, 15) is 10.1 Å². The normalized spacial score (nSPS) is 20.5. The van der Waals surface area contributed by atoms with Gasteiger partial charge in [0.2, 0.25) is 0 Å². The van der Waals surface area contributed by atoms with Crippen molar-refractivity contribution in [3.8, 4) is 0 Å². The first-order valence-corrected chi connectivity index (χ1v) is 6.84. The fraction of sp³-hybridized carbons (Fsp3) is 0.615. The van der Waals surface area contributed by atoms with Gasteiger partial charge in [-0.15, -0.1) is 0 Å². The molecule has 1 aliphatic carbocycles. The Bertz CT molecular complexity index is 450. The number of hydrogen-bond donors (Lipinski definition) is 1. The molecule has 2 fully saturated rings. The molecule has 1 N–H and O–H groups in total. The maximum Gasteiger partial charge on any atom is 0.287 e. The van der Waals surface area contributed by atoms with Gasteiger partial charge in [-0.2, -0.15) is 0 Å². The Morgan fingerprint density at radius 2 is 1.89 bits per heavy atom. The van der Waals surface area contributed by atoms with Crippen molar-refractivity contribution in [1.82, 2.24) is 10.3 Å². The van der Waals surface area contributed by atoms with Crippen molar-refractivity contribution in [3.63, 3.8) is 0 Å². The Morgan fingerprint density at radius 3 is 2.42 bits per heavy atom. The number of nitrogens with one attached hydrogen (secondary N) is 1. The molecule has 6 heteroatoms. The largest absolute Gasteiger partial charge is 0.356 e. The fourth-order valence-corrected chi connectivity index (χ4v) is 2.53. The van der Waals surface area contributed by atoms with Crippen LogP contribution in [0.1, 0.15) is 25.7 Å². The number of pyridine rings is 1. The third-order valence-corrected chi connectivity index (χ3v) is 3.81. The third kappa shape index (κ3) is 3.01. The highest BCUT2D eigenvalue weighted by Gasteiger charge is 2.27. The molecule has 0 amide bonds. The summed E-state index contributed by atoms with van der Waals surface area (Å²) in [6.07, 6.45) is 6.22. The first-order chi connectivity index (χ1) is 9.22. The summed E-state index contributed by atoms with van der Waals surface area (Å²) in [6, 6.07) is 4.65. The van der Waals surface area contributed by atoms with Gasteiger partial charge in [-0.25, -0.2) is 4.98 Å². The zero-order chi connectivity index (χ0) is 13.2. The average Bonchev–Trinajstić information content (AvgIpc) is 3.24. The van der Waals surface area contributed by atoms with Crippen LogP contribution in [0.2, 0.25) is 0 Å². The van der Waals surface area contributed by atoms with Gasteiger partial charge in [-0.1, -0.05) is 0 Å². The van der Waals surface area contributed by atoms with Crippen molar-refractivity contribution in [2.75, 3.05) is 18.0 Å². The van der Waals surface area contributed by atoms with Crippen LogP contribution in [-0.2, 0) is 0 Å². The van der Waals surface area contributed by atoms with Crippen molar-refractivity contribution in [1.29, 1.82) is 0 Å². The molecule has 1 saturated heterocycles. The summed E-state index contributed by atoms with van der Waals surface area (Å²) in [6.45, 7) is 1.93. The minimum Gasteiger partial charge on any atom is -0.356 e. The summed E-state index contributed by atoms with van der Waals surface area (Å²) < 4.78 is 0. The van der Waals surface area contributed by atoms with E-state index in [1.165, 1.54) is 25.1 Å². The summed E-state index contributed by atoms with van der Waals surface area (Å²) in [4.78, 5) is 16.6. The van der Waals surface area contributed by atoms with E-state index in [0.29, 0.717) is 6.04 Å². The molecular formula is C13H18N4O2. The van der Waals surface area contributed by atoms with Gasteiger partial charge in [0.05, 0.1) is 4.92 Å². The van der Waals surface area contributed by atoms with Crippen molar-refractivity contribution >= 4 is 11.5 Å². The van der Waals surface area contributed by atoms with Crippen LogP contribution < -0.4 is 10.2 Å². The summed E-state index contributed by atoms with van der Waals surface area (Å²) in [5, 5.41) is 14.2. The predicted octanol–water partition coefficient (Wildman–Crippen LogP) is 1.71. The van der Waals surface area contributed by atoms with Crippen molar-refractivity contribution < 1.29 is 4.92 Å². The van der Waals surface area contributed by atoms with Gasteiger partial charge in [0.25, 0.3) is 5.69 Å². The molecular weight excluding hydrogens is 244 g/mol. The van der Waals surface area contributed by atoms with Crippen LogP contribution in [0.15, 0.2) is 18.3 Å². The lowest BCUT2D eigenvalue weighted by atomic mass is 10.0. The zero-order valence-corrected chi connectivity index (χ0v) is 10.8. The van der Waals surface area contributed by atoms with Gasteiger partial charge >= 0.3 is 0 Å². The molecule has 19 heavy (non-hydrogen) atoms. The third-order valence-electron chi connectivity index (χ3n) is 3.81. The molecule has 1 saturated carbocycles. The Hall–Kier alpha value is -1.69. The number of nitrogens with zero attached hydrogens (tertiary/aromatic N) is 3. The van der Waals surface area contributed by atoms with E-state index < -0.39 is 4.92 Å². The molecule has 1 aromatic heterocycles. The van der Waals surface area contributed by atoms with Crippen molar-refractivity contribution in [2.24, 2.45) is 0 Å². The van der Waals surface area contributed by atoms with Crippen LogP contribution >= 0.6 is 0 Å². The molecule has 1 aromatic rings. The van der Waals surface area contributed by atoms with Crippen LogP contribution in [0.4, 0.5) is 11.5 Å². The maximum absolute atomic E-state index is 10.6. The van der Waals surface area contributed by atoms with Crippen LogP contribution in [0.25, 0.3) is 0 Å². The van der Waals surface area contributed by atoms with Gasteiger partial charge < -0.3 is 10.2 Å². The molecule has 6 nitrogen and oxygen atoms in total. The topological polar surface area (TPSA) is 71.3 Å². The number of piperidine rings is 1. The quantitative estimate of drug-likeness (QED) is 0.660. The SMILES string of the molecule is O=[N+]([O-])c1ccc(N2CCC(NC3CC3)CC2)nc1. The van der Waals surface area contributed by atoms with E-state index in [4.69, 9.17) is 0 Å². The standard InChI is InChI=1S/C13H18N4O2/c18-17(19)12-3-4-13(14-9-12)16-7-5-11(6-8-16)15-10-1-2-10/h3-4,9-11,15H,1-2,5-8H2. The van der Waals surface area contributed by atoms with Gasteiger partial charge in [0.15, 0.2) is 0 Å². The number of aromatic nitrogens is 1. The first kappa shape index (κ1) is 12.3.